The van der Waals surface area contributed by atoms with Gasteiger partial charge in [0.05, 0.1) is 26.4 Å². The van der Waals surface area contributed by atoms with Crippen molar-refractivity contribution >= 4 is 11.9 Å². The lowest BCUT2D eigenvalue weighted by molar-refractivity contribution is -0.0833. The number of aromatic nitrogens is 2. The maximum absolute atomic E-state index is 6.08. The van der Waals surface area contributed by atoms with Gasteiger partial charge in [0.25, 0.3) is 0 Å². The van der Waals surface area contributed by atoms with E-state index < -0.39 is 0 Å². The monoisotopic (exact) mass is 306 g/mol. The van der Waals surface area contributed by atoms with Gasteiger partial charge in [0.2, 0.25) is 5.95 Å². The minimum atomic E-state index is 0.0197. The van der Waals surface area contributed by atoms with Crippen molar-refractivity contribution in [3.05, 3.63) is 18.5 Å². The second-order valence-corrected chi connectivity index (χ2v) is 5.29. The molecule has 8 heteroatoms. The highest BCUT2D eigenvalue weighted by Crippen LogP contribution is 2.09. The van der Waals surface area contributed by atoms with Gasteiger partial charge in [0, 0.05) is 38.6 Å². The average Bonchev–Trinajstić information content (AvgIpc) is 2.61. The van der Waals surface area contributed by atoms with E-state index in [4.69, 9.17) is 15.2 Å². The van der Waals surface area contributed by atoms with E-state index in [9.17, 15) is 0 Å². The summed E-state index contributed by atoms with van der Waals surface area (Å²) in [5.74, 6) is 1.34. The maximum atomic E-state index is 6.08. The van der Waals surface area contributed by atoms with Crippen LogP contribution in [0.15, 0.2) is 23.5 Å². The van der Waals surface area contributed by atoms with Crippen molar-refractivity contribution in [2.75, 3.05) is 57.4 Å². The van der Waals surface area contributed by atoms with Crippen molar-refractivity contribution in [3.8, 4) is 0 Å². The zero-order chi connectivity index (χ0) is 15.2. The molecule has 22 heavy (non-hydrogen) atoms. The third-order valence-corrected chi connectivity index (χ3v) is 3.78. The summed E-state index contributed by atoms with van der Waals surface area (Å²) in [4.78, 5) is 17.2. The fraction of sp³-hybridized carbons (Fsp3) is 0.643. The minimum absolute atomic E-state index is 0.0197. The normalized spacial score (nSPS) is 23.6. The summed E-state index contributed by atoms with van der Waals surface area (Å²) in [6, 6.07) is 1.82. The molecule has 2 aliphatic rings. The first kappa shape index (κ1) is 15.0. The first-order chi connectivity index (χ1) is 10.8. The molecule has 0 spiro atoms. The summed E-state index contributed by atoms with van der Waals surface area (Å²) in [5, 5.41) is 0. The number of anilines is 1. The fourth-order valence-corrected chi connectivity index (χ4v) is 2.53. The Balaban J connectivity index is 1.48. The minimum Gasteiger partial charge on any atom is -0.376 e. The largest absolute Gasteiger partial charge is 0.376 e. The number of piperazine rings is 1. The zero-order valence-electron chi connectivity index (χ0n) is 12.6. The number of nitrogens with two attached hydrogens (primary N) is 1. The lowest BCUT2D eigenvalue weighted by Crippen LogP contribution is -2.51. The van der Waals surface area contributed by atoms with Crippen LogP contribution in [0.2, 0.25) is 0 Å². The topological polar surface area (TPSA) is 89.1 Å². The Bertz CT molecular complexity index is 483. The molecule has 0 aromatic carbocycles. The maximum Gasteiger partial charge on any atom is 0.225 e. The van der Waals surface area contributed by atoms with Crippen molar-refractivity contribution in [2.45, 2.75) is 6.10 Å². The molecule has 3 heterocycles. The number of ether oxygens (including phenoxy) is 2. The van der Waals surface area contributed by atoms with E-state index in [1.807, 2.05) is 6.07 Å². The molecule has 8 nitrogen and oxygen atoms in total. The van der Waals surface area contributed by atoms with Crippen molar-refractivity contribution < 1.29 is 9.47 Å². The van der Waals surface area contributed by atoms with Crippen molar-refractivity contribution in [1.29, 1.82) is 0 Å². The highest BCUT2D eigenvalue weighted by atomic mass is 16.6. The Morgan fingerprint density at radius 2 is 2.00 bits per heavy atom. The predicted molar refractivity (Wildman–Crippen MR) is 82.9 cm³/mol. The Morgan fingerprint density at radius 1 is 1.23 bits per heavy atom. The Labute approximate surface area is 129 Å². The summed E-state index contributed by atoms with van der Waals surface area (Å²) >= 11 is 0. The van der Waals surface area contributed by atoms with Crippen LogP contribution in [-0.4, -0.2) is 79.5 Å². The van der Waals surface area contributed by atoms with Gasteiger partial charge in [-0.2, -0.15) is 0 Å². The SMILES string of the molecule is NC(=NCC1COCCO1)N1CCN(c2ncccn2)CC1. The van der Waals surface area contributed by atoms with E-state index in [2.05, 4.69) is 24.8 Å². The molecule has 2 N–H and O–H groups in total. The third kappa shape index (κ3) is 3.83. The Hall–Kier alpha value is -1.93. The van der Waals surface area contributed by atoms with E-state index in [-0.39, 0.29) is 6.10 Å². The van der Waals surface area contributed by atoms with Crippen LogP contribution in [0.5, 0.6) is 0 Å². The number of rotatable bonds is 3. The van der Waals surface area contributed by atoms with Gasteiger partial charge < -0.3 is 25.0 Å². The molecule has 1 aromatic heterocycles. The molecular weight excluding hydrogens is 284 g/mol. The van der Waals surface area contributed by atoms with Gasteiger partial charge in [0.1, 0.15) is 6.10 Å². The molecule has 120 valence electrons. The summed E-state index contributed by atoms with van der Waals surface area (Å²) in [5.41, 5.74) is 6.08. The Morgan fingerprint density at radius 3 is 2.68 bits per heavy atom. The van der Waals surface area contributed by atoms with Gasteiger partial charge in [0.15, 0.2) is 5.96 Å². The van der Waals surface area contributed by atoms with Crippen LogP contribution >= 0.6 is 0 Å². The molecule has 0 aliphatic carbocycles. The lowest BCUT2D eigenvalue weighted by Gasteiger charge is -2.35. The van der Waals surface area contributed by atoms with Gasteiger partial charge in [-0.25, -0.2) is 9.97 Å². The molecule has 0 saturated carbocycles. The summed E-state index contributed by atoms with van der Waals surface area (Å²) in [6.45, 7) is 5.75. The predicted octanol–water partition coefficient (Wildman–Crippen LogP) is -0.671. The molecule has 1 atom stereocenters. The second kappa shape index (κ2) is 7.37. The molecule has 0 amide bonds. The molecular formula is C14H22N6O2. The van der Waals surface area contributed by atoms with Gasteiger partial charge in [-0.1, -0.05) is 0 Å². The second-order valence-electron chi connectivity index (χ2n) is 5.29. The Kier molecular flexibility index (Phi) is 5.02. The quantitative estimate of drug-likeness (QED) is 0.585. The van der Waals surface area contributed by atoms with Crippen LogP contribution in [0.1, 0.15) is 0 Å². The van der Waals surface area contributed by atoms with E-state index in [1.54, 1.807) is 12.4 Å². The van der Waals surface area contributed by atoms with Crippen LogP contribution in [0.4, 0.5) is 5.95 Å². The zero-order valence-corrected chi connectivity index (χ0v) is 12.6. The van der Waals surface area contributed by atoms with Crippen molar-refractivity contribution in [3.63, 3.8) is 0 Å². The molecule has 0 radical (unpaired) electrons. The van der Waals surface area contributed by atoms with Crippen molar-refractivity contribution in [1.82, 2.24) is 14.9 Å². The third-order valence-electron chi connectivity index (χ3n) is 3.78. The smallest absolute Gasteiger partial charge is 0.225 e. The first-order valence-electron chi connectivity index (χ1n) is 7.59. The molecule has 2 saturated heterocycles. The molecule has 2 aliphatic heterocycles. The van der Waals surface area contributed by atoms with Gasteiger partial charge >= 0.3 is 0 Å². The standard InChI is InChI=1S/C14H22N6O2/c15-13(18-10-12-11-21-8-9-22-12)19-4-6-20(7-5-19)14-16-2-1-3-17-14/h1-3,12H,4-11H2,(H2,15,18). The first-order valence-corrected chi connectivity index (χ1v) is 7.59. The number of nitrogens with zero attached hydrogens (tertiary/aromatic N) is 5. The fourth-order valence-electron chi connectivity index (χ4n) is 2.53. The van der Waals surface area contributed by atoms with Crippen LogP contribution in [0.25, 0.3) is 0 Å². The van der Waals surface area contributed by atoms with Crippen LogP contribution in [0.3, 0.4) is 0 Å². The number of aliphatic imine (C=N–C) groups is 1. The number of hydrogen-bond donors (Lipinski definition) is 1. The molecule has 0 bridgehead atoms. The highest BCUT2D eigenvalue weighted by molar-refractivity contribution is 5.78. The summed E-state index contributed by atoms with van der Waals surface area (Å²) in [6.07, 6.45) is 3.54. The van der Waals surface area contributed by atoms with Gasteiger partial charge in [-0.15, -0.1) is 0 Å². The van der Waals surface area contributed by atoms with Crippen molar-refractivity contribution in [2.24, 2.45) is 10.7 Å². The molecule has 3 rings (SSSR count). The molecule has 2 fully saturated rings. The summed E-state index contributed by atoms with van der Waals surface area (Å²) < 4.78 is 10.9. The van der Waals surface area contributed by atoms with E-state index in [0.29, 0.717) is 32.3 Å². The lowest BCUT2D eigenvalue weighted by atomic mass is 10.3. The number of guanidine groups is 1. The summed E-state index contributed by atoms with van der Waals surface area (Å²) in [7, 11) is 0. The van der Waals surface area contributed by atoms with E-state index >= 15 is 0 Å². The van der Waals surface area contributed by atoms with Gasteiger partial charge in [-0.05, 0) is 6.07 Å². The van der Waals surface area contributed by atoms with E-state index in [1.165, 1.54) is 0 Å². The highest BCUT2D eigenvalue weighted by Gasteiger charge is 2.20. The number of hydrogen-bond acceptors (Lipinski definition) is 6. The van der Waals surface area contributed by atoms with Gasteiger partial charge in [-0.3, -0.25) is 4.99 Å². The van der Waals surface area contributed by atoms with Crippen LogP contribution < -0.4 is 10.6 Å². The van der Waals surface area contributed by atoms with Crippen LogP contribution in [-0.2, 0) is 9.47 Å². The molecule has 1 unspecified atom stereocenters. The van der Waals surface area contributed by atoms with E-state index in [0.717, 1.165) is 32.1 Å². The molecule has 1 aromatic rings. The average molecular weight is 306 g/mol. The van der Waals surface area contributed by atoms with Crippen LogP contribution in [0, 0.1) is 0 Å².